The van der Waals surface area contributed by atoms with Gasteiger partial charge in [-0.05, 0) is 42.3 Å². The first kappa shape index (κ1) is 23.5. The summed E-state index contributed by atoms with van der Waals surface area (Å²) < 4.78 is 16.2. The molecule has 0 radical (unpaired) electrons. The lowest BCUT2D eigenvalue weighted by atomic mass is 9.97. The van der Waals surface area contributed by atoms with Crippen LogP contribution in [0.25, 0.3) is 10.8 Å². The zero-order chi connectivity index (χ0) is 24.1. The van der Waals surface area contributed by atoms with Crippen LogP contribution in [0.15, 0.2) is 42.6 Å². The van der Waals surface area contributed by atoms with E-state index in [2.05, 4.69) is 9.97 Å². The number of carbonyl (C=O) groups is 2. The van der Waals surface area contributed by atoms with Crippen molar-refractivity contribution >= 4 is 28.5 Å². The zero-order valence-electron chi connectivity index (χ0n) is 18.7. The lowest BCUT2D eigenvalue weighted by Gasteiger charge is -2.25. The van der Waals surface area contributed by atoms with Gasteiger partial charge in [0.2, 0.25) is 0 Å². The number of nitrogens with two attached hydrogens (primary N) is 1. The second kappa shape index (κ2) is 9.96. The van der Waals surface area contributed by atoms with E-state index in [1.54, 1.807) is 21.0 Å². The van der Waals surface area contributed by atoms with Crippen molar-refractivity contribution in [3.8, 4) is 11.8 Å². The van der Waals surface area contributed by atoms with E-state index in [0.717, 1.165) is 22.1 Å². The third-order valence-electron chi connectivity index (χ3n) is 5.16. The monoisotopic (exact) mass is 448 g/mol. The first-order valence-corrected chi connectivity index (χ1v) is 10.2. The number of benzene rings is 2. The molecule has 0 saturated carbocycles. The molecule has 1 heterocycles. The number of aromatic nitrogens is 2. The van der Waals surface area contributed by atoms with Crippen LogP contribution in [-0.4, -0.2) is 35.1 Å². The maximum atomic E-state index is 13.1. The summed E-state index contributed by atoms with van der Waals surface area (Å²) in [5, 5.41) is 11.1. The highest BCUT2D eigenvalue weighted by atomic mass is 16.6. The fraction of sp³-hybridized carbons (Fsp3) is 0.292. The fourth-order valence-electron chi connectivity index (χ4n) is 3.35. The molecule has 33 heavy (non-hydrogen) atoms. The Morgan fingerprint density at radius 3 is 2.45 bits per heavy atom. The van der Waals surface area contributed by atoms with Gasteiger partial charge in [-0.15, -0.1) is 0 Å². The third-order valence-corrected chi connectivity index (χ3v) is 5.16. The number of rotatable bonds is 7. The summed E-state index contributed by atoms with van der Waals surface area (Å²) >= 11 is 0. The van der Waals surface area contributed by atoms with Crippen molar-refractivity contribution in [1.82, 2.24) is 9.97 Å². The van der Waals surface area contributed by atoms with Crippen molar-refractivity contribution in [2.75, 3.05) is 12.8 Å². The summed E-state index contributed by atoms with van der Waals surface area (Å²) in [7, 11) is 1.60. The summed E-state index contributed by atoms with van der Waals surface area (Å²) in [4.78, 5) is 32.6. The number of nitrogen functional groups attached to an aromatic ring is 1. The molecule has 0 bridgehead atoms. The largest absolute Gasteiger partial charge is 0.497 e. The topological polar surface area (TPSA) is 137 Å². The number of fused-ring (bicyclic) bond motifs is 1. The van der Waals surface area contributed by atoms with Crippen LogP contribution in [0, 0.1) is 11.3 Å². The number of esters is 2. The quantitative estimate of drug-likeness (QED) is 0.539. The van der Waals surface area contributed by atoms with Crippen molar-refractivity contribution < 1.29 is 23.8 Å². The molecule has 2 aromatic carbocycles. The first-order valence-electron chi connectivity index (χ1n) is 10.2. The van der Waals surface area contributed by atoms with Gasteiger partial charge >= 0.3 is 11.9 Å². The van der Waals surface area contributed by atoms with Gasteiger partial charge in [0.25, 0.3) is 0 Å². The normalized spacial score (nSPS) is 13.4. The molecule has 0 aliphatic heterocycles. The van der Waals surface area contributed by atoms with Crippen LogP contribution >= 0.6 is 0 Å². The molecule has 9 heteroatoms. The molecule has 3 aromatic rings. The molecule has 0 aliphatic rings. The van der Waals surface area contributed by atoms with E-state index in [4.69, 9.17) is 19.9 Å². The van der Waals surface area contributed by atoms with Gasteiger partial charge in [0.15, 0.2) is 17.6 Å². The van der Waals surface area contributed by atoms with Gasteiger partial charge in [0.05, 0.1) is 19.2 Å². The summed E-state index contributed by atoms with van der Waals surface area (Å²) in [5.74, 6) is -1.03. The number of hydrogen-bond donors (Lipinski definition) is 1. The number of anilines is 1. The maximum Gasteiger partial charge on any atom is 0.313 e. The molecule has 0 spiro atoms. The Morgan fingerprint density at radius 1 is 1.09 bits per heavy atom. The van der Waals surface area contributed by atoms with Gasteiger partial charge in [0.1, 0.15) is 23.6 Å². The van der Waals surface area contributed by atoms with E-state index in [1.807, 2.05) is 42.5 Å². The van der Waals surface area contributed by atoms with Gasteiger partial charge in [-0.3, -0.25) is 9.59 Å². The Kier molecular flexibility index (Phi) is 7.08. The van der Waals surface area contributed by atoms with E-state index < -0.39 is 30.1 Å². The van der Waals surface area contributed by atoms with Crippen LogP contribution in [0.3, 0.4) is 0 Å². The minimum Gasteiger partial charge on any atom is -0.497 e. The van der Waals surface area contributed by atoms with E-state index in [0.29, 0.717) is 0 Å². The molecule has 0 fully saturated rings. The van der Waals surface area contributed by atoms with Crippen LogP contribution in [0.4, 0.5) is 5.82 Å². The summed E-state index contributed by atoms with van der Waals surface area (Å²) in [6.45, 7) is 4.53. The third kappa shape index (κ3) is 5.36. The van der Waals surface area contributed by atoms with Gasteiger partial charge in [-0.25, -0.2) is 9.97 Å². The lowest BCUT2D eigenvalue weighted by molar-refractivity contribution is -0.167. The number of nitriles is 1. The smallest absolute Gasteiger partial charge is 0.313 e. The molecule has 3 rings (SSSR count). The number of hydrogen-bond acceptors (Lipinski definition) is 9. The Hall–Kier alpha value is -4.19. The van der Waals surface area contributed by atoms with Gasteiger partial charge in [-0.1, -0.05) is 24.3 Å². The summed E-state index contributed by atoms with van der Waals surface area (Å²) in [5.41, 5.74) is 6.44. The molecule has 0 amide bonds. The highest BCUT2D eigenvalue weighted by molar-refractivity contribution is 5.87. The Balaban J connectivity index is 1.88. The molecular weight excluding hydrogens is 424 g/mol. The predicted octanol–water partition coefficient (Wildman–Crippen LogP) is 3.43. The second-order valence-electron chi connectivity index (χ2n) is 7.51. The van der Waals surface area contributed by atoms with Gasteiger partial charge in [0, 0.05) is 6.92 Å². The SMILES string of the molecule is COc1ccc2cc([C@H](C)C(=O)O[C@H](c3cnc(N)c(C#N)n3)[C@H](C)OC(C)=O)ccc2c1. The minimum atomic E-state index is -1.08. The highest BCUT2D eigenvalue weighted by Gasteiger charge is 2.31. The van der Waals surface area contributed by atoms with E-state index in [9.17, 15) is 14.9 Å². The van der Waals surface area contributed by atoms with Gasteiger partial charge in [-0.2, -0.15) is 5.26 Å². The number of methoxy groups -OCH3 is 1. The van der Waals surface area contributed by atoms with Crippen molar-refractivity contribution in [3.63, 3.8) is 0 Å². The van der Waals surface area contributed by atoms with E-state index >= 15 is 0 Å². The Labute approximate surface area is 191 Å². The number of ether oxygens (including phenoxy) is 3. The van der Waals surface area contributed by atoms with Crippen LogP contribution in [0.1, 0.15) is 49.7 Å². The summed E-state index contributed by atoms with van der Waals surface area (Å²) in [6, 6.07) is 13.2. The van der Waals surface area contributed by atoms with Crippen LogP contribution in [0.2, 0.25) is 0 Å². The molecule has 0 unspecified atom stereocenters. The molecule has 2 N–H and O–H groups in total. The number of nitrogens with zero attached hydrogens (tertiary/aromatic N) is 3. The average Bonchev–Trinajstić information content (AvgIpc) is 2.81. The van der Waals surface area contributed by atoms with Crippen molar-refractivity contribution in [2.45, 2.75) is 38.9 Å². The molecule has 1 aromatic heterocycles. The number of carbonyl (C=O) groups excluding carboxylic acids is 2. The van der Waals surface area contributed by atoms with E-state index in [1.165, 1.54) is 13.1 Å². The molecule has 170 valence electrons. The first-order chi connectivity index (χ1) is 15.7. The van der Waals surface area contributed by atoms with Gasteiger partial charge < -0.3 is 19.9 Å². The van der Waals surface area contributed by atoms with Crippen LogP contribution in [0.5, 0.6) is 5.75 Å². The molecule has 0 aliphatic carbocycles. The summed E-state index contributed by atoms with van der Waals surface area (Å²) in [6.07, 6.45) is -0.650. The van der Waals surface area contributed by atoms with E-state index in [-0.39, 0.29) is 17.2 Å². The molecular formula is C24H24N4O5. The van der Waals surface area contributed by atoms with Crippen molar-refractivity contribution in [1.29, 1.82) is 5.26 Å². The van der Waals surface area contributed by atoms with Crippen molar-refractivity contribution in [3.05, 3.63) is 59.5 Å². The lowest BCUT2D eigenvalue weighted by Crippen LogP contribution is -2.28. The second-order valence-corrected chi connectivity index (χ2v) is 7.51. The fourth-order valence-corrected chi connectivity index (χ4v) is 3.35. The predicted molar refractivity (Wildman–Crippen MR) is 120 cm³/mol. The highest BCUT2D eigenvalue weighted by Crippen LogP contribution is 2.29. The minimum absolute atomic E-state index is 0.0485. The van der Waals surface area contributed by atoms with Crippen LogP contribution in [-0.2, 0) is 19.1 Å². The van der Waals surface area contributed by atoms with Crippen molar-refractivity contribution in [2.24, 2.45) is 0 Å². The molecule has 3 atom stereocenters. The average molecular weight is 448 g/mol. The Bertz CT molecular complexity index is 1240. The zero-order valence-corrected chi connectivity index (χ0v) is 18.7. The Morgan fingerprint density at radius 2 is 1.79 bits per heavy atom. The maximum absolute atomic E-state index is 13.1. The van der Waals surface area contributed by atoms with Crippen LogP contribution < -0.4 is 10.5 Å². The standard InChI is InChI=1S/C24H24N4O5/c1-13(16-5-6-18-10-19(31-4)8-7-17(18)9-16)24(30)33-22(14(2)32-15(3)29)21-12-27-23(26)20(11-25)28-21/h5-10,12-14,22H,1-4H3,(H2,26,27)/t13-,14-,22-/m0/s1. The molecule has 9 nitrogen and oxygen atoms in total. The molecule has 0 saturated heterocycles.